The van der Waals surface area contributed by atoms with Crippen LogP contribution in [0.2, 0.25) is 0 Å². The monoisotopic (exact) mass is 258 g/mol. The van der Waals surface area contributed by atoms with Crippen molar-refractivity contribution in [3.05, 3.63) is 48.3 Å². The van der Waals surface area contributed by atoms with Gasteiger partial charge >= 0.3 is 0 Å². The molecule has 0 saturated heterocycles. The number of fused-ring (bicyclic) bond motifs is 1. The average Bonchev–Trinajstić information content (AvgIpc) is 2.79. The second-order valence-electron chi connectivity index (χ2n) is 4.87. The maximum Gasteiger partial charge on any atom is 0.0948 e. The van der Waals surface area contributed by atoms with Gasteiger partial charge in [-0.3, -0.25) is 4.98 Å². The maximum absolute atomic E-state index is 5.77. The molecule has 0 amide bonds. The fourth-order valence-corrected chi connectivity index (χ4v) is 2.33. The molecular formula is C14H18N4O. The molecule has 2 aromatic heterocycles. The summed E-state index contributed by atoms with van der Waals surface area (Å²) in [5.74, 6) is 0.471. The highest BCUT2D eigenvalue weighted by Gasteiger charge is 2.16. The van der Waals surface area contributed by atoms with Gasteiger partial charge in [-0.05, 0) is 12.1 Å². The lowest BCUT2D eigenvalue weighted by Gasteiger charge is -2.15. The maximum atomic E-state index is 5.77. The standard InChI is InChI=1S/C14H18N4O/c1-2-4-17-13(3-1)10-19-9-12-5-15-6-14-7-16-11-18(14)8-12/h1-4,7,11-12,15H,5-6,8-10H2/t12-/m0/s1. The van der Waals surface area contributed by atoms with Gasteiger partial charge in [-0.2, -0.15) is 0 Å². The van der Waals surface area contributed by atoms with Gasteiger partial charge in [0.2, 0.25) is 0 Å². The van der Waals surface area contributed by atoms with Gasteiger partial charge in [0.25, 0.3) is 0 Å². The van der Waals surface area contributed by atoms with Crippen molar-refractivity contribution in [1.82, 2.24) is 19.9 Å². The molecule has 2 aromatic rings. The number of ether oxygens (including phenoxy) is 1. The molecule has 0 bridgehead atoms. The molecule has 3 heterocycles. The van der Waals surface area contributed by atoms with E-state index in [0.717, 1.165) is 31.9 Å². The lowest BCUT2D eigenvalue weighted by molar-refractivity contribution is 0.0803. The molecular weight excluding hydrogens is 240 g/mol. The largest absolute Gasteiger partial charge is 0.375 e. The van der Waals surface area contributed by atoms with Crippen molar-refractivity contribution < 1.29 is 4.74 Å². The fraction of sp³-hybridized carbons (Fsp3) is 0.429. The zero-order chi connectivity index (χ0) is 12.9. The van der Waals surface area contributed by atoms with Crippen LogP contribution in [0.4, 0.5) is 0 Å². The molecule has 0 spiro atoms. The summed E-state index contributed by atoms with van der Waals surface area (Å²) in [4.78, 5) is 8.43. The zero-order valence-corrected chi connectivity index (χ0v) is 10.8. The molecule has 100 valence electrons. The minimum absolute atomic E-state index is 0.471. The summed E-state index contributed by atoms with van der Waals surface area (Å²) in [5.41, 5.74) is 2.22. The SMILES string of the molecule is c1ccc(COC[C@H]2CNCc3cncn3C2)nc1. The summed E-state index contributed by atoms with van der Waals surface area (Å²) in [7, 11) is 0. The molecule has 1 atom stereocenters. The third-order valence-corrected chi connectivity index (χ3v) is 3.32. The highest BCUT2D eigenvalue weighted by Crippen LogP contribution is 2.10. The lowest BCUT2D eigenvalue weighted by atomic mass is 10.1. The Labute approximate surface area is 112 Å². The first kappa shape index (κ1) is 12.3. The highest BCUT2D eigenvalue weighted by molar-refractivity contribution is 5.02. The van der Waals surface area contributed by atoms with Crippen LogP contribution in [0, 0.1) is 5.92 Å². The first-order valence-electron chi connectivity index (χ1n) is 6.59. The molecule has 0 aliphatic carbocycles. The Morgan fingerprint density at radius 3 is 3.32 bits per heavy atom. The van der Waals surface area contributed by atoms with E-state index in [-0.39, 0.29) is 0 Å². The van der Waals surface area contributed by atoms with Crippen LogP contribution in [-0.2, 0) is 24.4 Å². The van der Waals surface area contributed by atoms with Gasteiger partial charge in [0.1, 0.15) is 0 Å². The average molecular weight is 258 g/mol. The Morgan fingerprint density at radius 1 is 1.42 bits per heavy atom. The van der Waals surface area contributed by atoms with Crippen LogP contribution in [-0.4, -0.2) is 27.7 Å². The van der Waals surface area contributed by atoms with Gasteiger partial charge in [0, 0.05) is 37.9 Å². The molecule has 3 rings (SSSR count). The number of rotatable bonds is 4. The highest BCUT2D eigenvalue weighted by atomic mass is 16.5. The number of pyridine rings is 1. The lowest BCUT2D eigenvalue weighted by Crippen LogP contribution is -2.25. The van der Waals surface area contributed by atoms with E-state index >= 15 is 0 Å². The van der Waals surface area contributed by atoms with E-state index in [1.807, 2.05) is 30.7 Å². The minimum Gasteiger partial charge on any atom is -0.375 e. The van der Waals surface area contributed by atoms with E-state index in [1.54, 1.807) is 6.20 Å². The van der Waals surface area contributed by atoms with Crippen LogP contribution in [0.25, 0.3) is 0 Å². The summed E-state index contributed by atoms with van der Waals surface area (Å²) in [6, 6.07) is 5.88. The second kappa shape index (κ2) is 5.95. The topological polar surface area (TPSA) is 52.0 Å². The fourth-order valence-electron chi connectivity index (χ4n) is 2.33. The van der Waals surface area contributed by atoms with E-state index in [1.165, 1.54) is 5.69 Å². The van der Waals surface area contributed by atoms with Crippen LogP contribution >= 0.6 is 0 Å². The summed E-state index contributed by atoms with van der Waals surface area (Å²) in [5, 5.41) is 3.43. The van der Waals surface area contributed by atoms with Gasteiger partial charge in [0.15, 0.2) is 0 Å². The number of aromatic nitrogens is 3. The Kier molecular flexibility index (Phi) is 3.86. The molecule has 1 N–H and O–H groups in total. The van der Waals surface area contributed by atoms with Crippen LogP contribution in [0.1, 0.15) is 11.4 Å². The van der Waals surface area contributed by atoms with Crippen molar-refractivity contribution in [3.63, 3.8) is 0 Å². The van der Waals surface area contributed by atoms with Crippen LogP contribution < -0.4 is 5.32 Å². The Balaban J connectivity index is 1.51. The van der Waals surface area contributed by atoms with Crippen LogP contribution in [0.3, 0.4) is 0 Å². The van der Waals surface area contributed by atoms with Crippen molar-refractivity contribution >= 4 is 0 Å². The second-order valence-corrected chi connectivity index (χ2v) is 4.87. The van der Waals surface area contributed by atoms with Crippen LogP contribution in [0.5, 0.6) is 0 Å². The van der Waals surface area contributed by atoms with Crippen molar-refractivity contribution in [2.45, 2.75) is 19.7 Å². The summed E-state index contributed by atoms with van der Waals surface area (Å²) in [6.07, 6.45) is 5.61. The van der Waals surface area contributed by atoms with Gasteiger partial charge < -0.3 is 14.6 Å². The molecule has 1 aliphatic rings. The molecule has 5 heteroatoms. The molecule has 0 aromatic carbocycles. The first-order valence-corrected chi connectivity index (χ1v) is 6.59. The van der Waals surface area contributed by atoms with Crippen molar-refractivity contribution in [3.8, 4) is 0 Å². The van der Waals surface area contributed by atoms with Crippen molar-refractivity contribution in [1.29, 1.82) is 0 Å². The third-order valence-electron chi connectivity index (χ3n) is 3.32. The van der Waals surface area contributed by atoms with Gasteiger partial charge in [-0.15, -0.1) is 0 Å². The molecule has 0 fully saturated rings. The van der Waals surface area contributed by atoms with E-state index in [4.69, 9.17) is 4.74 Å². The first-order chi connectivity index (χ1) is 9.42. The van der Waals surface area contributed by atoms with Crippen LogP contribution in [0.15, 0.2) is 36.9 Å². The molecule has 0 saturated carbocycles. The van der Waals surface area contributed by atoms with E-state index in [9.17, 15) is 0 Å². The Bertz CT molecular complexity index is 511. The molecule has 5 nitrogen and oxygen atoms in total. The van der Waals surface area contributed by atoms with Gasteiger partial charge in [-0.25, -0.2) is 4.98 Å². The number of hydrogen-bond donors (Lipinski definition) is 1. The third kappa shape index (κ3) is 3.19. The van der Waals surface area contributed by atoms with Gasteiger partial charge in [-0.1, -0.05) is 6.07 Å². The van der Waals surface area contributed by atoms with Gasteiger partial charge in [0.05, 0.1) is 30.9 Å². The minimum atomic E-state index is 0.471. The van der Waals surface area contributed by atoms with E-state index in [2.05, 4.69) is 19.9 Å². The molecule has 0 radical (unpaired) electrons. The van der Waals surface area contributed by atoms with E-state index in [0.29, 0.717) is 12.5 Å². The van der Waals surface area contributed by atoms with Crippen molar-refractivity contribution in [2.75, 3.05) is 13.2 Å². The molecule has 19 heavy (non-hydrogen) atoms. The predicted octanol–water partition coefficient (Wildman–Crippen LogP) is 1.21. The summed E-state index contributed by atoms with van der Waals surface area (Å²) >= 11 is 0. The predicted molar refractivity (Wildman–Crippen MR) is 71.3 cm³/mol. The van der Waals surface area contributed by atoms with E-state index < -0.39 is 0 Å². The molecule has 1 aliphatic heterocycles. The molecule has 0 unspecified atom stereocenters. The summed E-state index contributed by atoms with van der Waals surface area (Å²) in [6.45, 7) is 4.14. The Morgan fingerprint density at radius 2 is 2.42 bits per heavy atom. The number of imidazole rings is 1. The normalized spacial score (nSPS) is 18.8. The summed E-state index contributed by atoms with van der Waals surface area (Å²) < 4.78 is 7.97. The number of nitrogens with zero attached hydrogens (tertiary/aromatic N) is 3. The number of hydrogen-bond acceptors (Lipinski definition) is 4. The zero-order valence-electron chi connectivity index (χ0n) is 10.8. The van der Waals surface area contributed by atoms with Crippen molar-refractivity contribution in [2.24, 2.45) is 5.92 Å². The number of nitrogens with one attached hydrogen (secondary N) is 1. The Hall–Kier alpha value is -1.72. The quantitative estimate of drug-likeness (QED) is 0.895. The smallest absolute Gasteiger partial charge is 0.0948 e.